The van der Waals surface area contributed by atoms with Gasteiger partial charge in [0.05, 0.1) is 4.92 Å². The number of hydrogen-bond acceptors (Lipinski definition) is 5. The normalized spacial score (nSPS) is 12.7. The Balaban J connectivity index is 3.15. The van der Waals surface area contributed by atoms with Gasteiger partial charge in [0.2, 0.25) is 5.82 Å². The van der Waals surface area contributed by atoms with Crippen molar-refractivity contribution in [3.8, 4) is 0 Å². The molecule has 1 atom stereocenters. The topological polar surface area (TPSA) is 93.2 Å². The highest BCUT2D eigenvalue weighted by molar-refractivity contribution is 5.60. The molecule has 1 heterocycles. The van der Waals surface area contributed by atoms with Crippen LogP contribution in [0.2, 0.25) is 0 Å². The molecule has 0 bridgehead atoms. The minimum Gasteiger partial charge on any atom is -0.396 e. The van der Waals surface area contributed by atoms with E-state index in [0.29, 0.717) is 24.5 Å². The number of aryl methyl sites for hydroxylation is 2. The average Bonchev–Trinajstić information content (AvgIpc) is 2.65. The molecule has 0 aliphatic rings. The highest BCUT2D eigenvalue weighted by Gasteiger charge is 2.27. The summed E-state index contributed by atoms with van der Waals surface area (Å²) < 4.78 is 1.65. The second kappa shape index (κ2) is 7.23. The van der Waals surface area contributed by atoms with Gasteiger partial charge in [-0.15, -0.1) is 0 Å². The lowest BCUT2D eigenvalue weighted by Crippen LogP contribution is -2.28. The predicted octanol–water partition coefficient (Wildman–Crippen LogP) is 2.33. The summed E-state index contributed by atoms with van der Waals surface area (Å²) in [6, 6.07) is -0.0228. The van der Waals surface area contributed by atoms with Gasteiger partial charge in [0.1, 0.15) is 5.69 Å². The first-order valence-electron chi connectivity index (χ1n) is 7.01. The van der Waals surface area contributed by atoms with Gasteiger partial charge in [0.25, 0.3) is 0 Å². The highest BCUT2D eigenvalue weighted by Crippen LogP contribution is 2.30. The Bertz CT molecular complexity index is 457. The van der Waals surface area contributed by atoms with Crippen molar-refractivity contribution in [3.05, 3.63) is 15.8 Å². The molecule has 7 heteroatoms. The number of anilines is 1. The summed E-state index contributed by atoms with van der Waals surface area (Å²) in [6.07, 6.45) is 1.39. The highest BCUT2D eigenvalue weighted by atomic mass is 16.6. The van der Waals surface area contributed by atoms with Gasteiger partial charge in [-0.05, 0) is 25.7 Å². The van der Waals surface area contributed by atoms with Crippen LogP contribution in [0.25, 0.3) is 0 Å². The molecule has 1 rings (SSSR count). The molecule has 1 aromatic rings. The van der Waals surface area contributed by atoms with Crippen molar-refractivity contribution in [1.29, 1.82) is 0 Å². The zero-order valence-electron chi connectivity index (χ0n) is 12.6. The van der Waals surface area contributed by atoms with Gasteiger partial charge in [0, 0.05) is 19.2 Å². The smallest absolute Gasteiger partial charge is 0.333 e. The Morgan fingerprint density at radius 3 is 2.60 bits per heavy atom. The molecule has 7 nitrogen and oxygen atoms in total. The van der Waals surface area contributed by atoms with Crippen LogP contribution < -0.4 is 5.32 Å². The Kier molecular flexibility index (Phi) is 5.94. The van der Waals surface area contributed by atoms with Crippen molar-refractivity contribution in [1.82, 2.24) is 9.78 Å². The lowest BCUT2D eigenvalue weighted by molar-refractivity contribution is -0.384. The van der Waals surface area contributed by atoms with Crippen molar-refractivity contribution < 1.29 is 10.0 Å². The molecule has 0 aromatic carbocycles. The molecule has 0 saturated carbocycles. The van der Waals surface area contributed by atoms with Crippen LogP contribution >= 0.6 is 0 Å². The van der Waals surface area contributed by atoms with Gasteiger partial charge in [-0.3, -0.25) is 10.1 Å². The largest absolute Gasteiger partial charge is 0.396 e. The lowest BCUT2D eigenvalue weighted by Gasteiger charge is -2.22. The van der Waals surface area contributed by atoms with Crippen LogP contribution in [0, 0.1) is 23.0 Å². The van der Waals surface area contributed by atoms with E-state index in [-0.39, 0.29) is 24.3 Å². The number of nitrogens with zero attached hydrogens (tertiary/aromatic N) is 3. The summed E-state index contributed by atoms with van der Waals surface area (Å²) in [4.78, 5) is 10.8. The number of hydrogen-bond donors (Lipinski definition) is 2. The summed E-state index contributed by atoms with van der Waals surface area (Å²) in [5.41, 5.74) is 0.444. The summed E-state index contributed by atoms with van der Waals surface area (Å²) >= 11 is 0. The van der Waals surface area contributed by atoms with Crippen molar-refractivity contribution in [2.45, 2.75) is 53.1 Å². The SMILES string of the molecule is CCCn1nc(C)c([N+](=O)[O-])c1NC(CCO)C(C)C. The molecule has 0 aliphatic carbocycles. The first-order chi connectivity index (χ1) is 9.42. The van der Waals surface area contributed by atoms with Crippen LogP contribution in [0.1, 0.15) is 39.3 Å². The third-order valence-corrected chi connectivity index (χ3v) is 3.28. The molecule has 0 spiro atoms. The van der Waals surface area contributed by atoms with Crippen LogP contribution in [0.15, 0.2) is 0 Å². The first kappa shape index (κ1) is 16.4. The maximum atomic E-state index is 11.2. The minimum atomic E-state index is -0.396. The number of aliphatic hydroxyl groups excluding tert-OH is 1. The molecule has 2 N–H and O–H groups in total. The van der Waals surface area contributed by atoms with E-state index in [4.69, 9.17) is 5.11 Å². The fraction of sp³-hybridized carbons (Fsp3) is 0.769. The third-order valence-electron chi connectivity index (χ3n) is 3.28. The summed E-state index contributed by atoms with van der Waals surface area (Å²) in [5.74, 6) is 0.702. The Labute approximate surface area is 119 Å². The second-order valence-electron chi connectivity index (χ2n) is 5.27. The van der Waals surface area contributed by atoms with E-state index in [2.05, 4.69) is 10.4 Å². The third kappa shape index (κ3) is 3.69. The van der Waals surface area contributed by atoms with E-state index in [9.17, 15) is 10.1 Å². The van der Waals surface area contributed by atoms with Gasteiger partial charge in [0.15, 0.2) is 0 Å². The Morgan fingerprint density at radius 2 is 2.15 bits per heavy atom. The molecule has 1 aromatic heterocycles. The molecule has 1 unspecified atom stereocenters. The fourth-order valence-electron chi connectivity index (χ4n) is 2.19. The molecule has 0 amide bonds. The zero-order valence-corrected chi connectivity index (χ0v) is 12.6. The number of aromatic nitrogens is 2. The quantitative estimate of drug-likeness (QED) is 0.564. The van der Waals surface area contributed by atoms with Gasteiger partial charge >= 0.3 is 5.69 Å². The van der Waals surface area contributed by atoms with Gasteiger partial charge < -0.3 is 10.4 Å². The Hall–Kier alpha value is -1.63. The van der Waals surface area contributed by atoms with Gasteiger partial charge in [-0.2, -0.15) is 5.10 Å². The summed E-state index contributed by atoms with van der Waals surface area (Å²) in [7, 11) is 0. The van der Waals surface area contributed by atoms with Gasteiger partial charge in [-0.25, -0.2) is 4.68 Å². The lowest BCUT2D eigenvalue weighted by atomic mass is 10.0. The molecule has 114 valence electrons. The van der Waals surface area contributed by atoms with Crippen molar-refractivity contribution in [2.75, 3.05) is 11.9 Å². The maximum absolute atomic E-state index is 11.2. The van der Waals surface area contributed by atoms with Crippen LogP contribution in [0.4, 0.5) is 11.5 Å². The van der Waals surface area contributed by atoms with E-state index >= 15 is 0 Å². The minimum absolute atomic E-state index is 0.0228. The van der Waals surface area contributed by atoms with Crippen LogP contribution in [-0.4, -0.2) is 32.5 Å². The standard InChI is InChI=1S/C13H24N4O3/c1-5-7-16-13(12(17(19)20)10(4)15-16)14-11(6-8-18)9(2)3/h9,11,14,18H,5-8H2,1-4H3. The molecule has 20 heavy (non-hydrogen) atoms. The number of aliphatic hydroxyl groups is 1. The number of nitro groups is 1. The van der Waals surface area contributed by atoms with Crippen LogP contribution in [0.5, 0.6) is 0 Å². The van der Waals surface area contributed by atoms with Crippen molar-refractivity contribution >= 4 is 11.5 Å². The predicted molar refractivity (Wildman–Crippen MR) is 77.9 cm³/mol. The van der Waals surface area contributed by atoms with E-state index in [1.165, 1.54) is 0 Å². The van der Waals surface area contributed by atoms with E-state index in [1.54, 1.807) is 11.6 Å². The molecule has 0 saturated heterocycles. The summed E-state index contributed by atoms with van der Waals surface area (Å²) in [6.45, 7) is 8.36. The van der Waals surface area contributed by atoms with Crippen molar-refractivity contribution in [3.63, 3.8) is 0 Å². The molecule has 0 aliphatic heterocycles. The molecular weight excluding hydrogens is 260 g/mol. The fourth-order valence-corrected chi connectivity index (χ4v) is 2.19. The van der Waals surface area contributed by atoms with E-state index in [1.807, 2.05) is 20.8 Å². The second-order valence-corrected chi connectivity index (χ2v) is 5.27. The maximum Gasteiger partial charge on any atom is 0.333 e. The molecule has 0 fully saturated rings. The monoisotopic (exact) mass is 284 g/mol. The molecule has 0 radical (unpaired) electrons. The zero-order chi connectivity index (χ0) is 15.3. The van der Waals surface area contributed by atoms with Gasteiger partial charge in [-0.1, -0.05) is 20.8 Å². The summed E-state index contributed by atoms with van der Waals surface area (Å²) in [5, 5.41) is 27.8. The Morgan fingerprint density at radius 1 is 1.50 bits per heavy atom. The van der Waals surface area contributed by atoms with E-state index in [0.717, 1.165) is 6.42 Å². The van der Waals surface area contributed by atoms with E-state index < -0.39 is 4.92 Å². The van der Waals surface area contributed by atoms with Crippen molar-refractivity contribution in [2.24, 2.45) is 5.92 Å². The number of rotatable bonds is 8. The van der Waals surface area contributed by atoms with Crippen LogP contribution in [0.3, 0.4) is 0 Å². The van der Waals surface area contributed by atoms with Crippen LogP contribution in [-0.2, 0) is 6.54 Å². The first-order valence-corrected chi connectivity index (χ1v) is 7.01. The number of nitrogens with one attached hydrogen (secondary N) is 1. The molecular formula is C13H24N4O3. The average molecular weight is 284 g/mol.